The van der Waals surface area contributed by atoms with E-state index < -0.39 is 37.4 Å². The van der Waals surface area contributed by atoms with Gasteiger partial charge in [-0.1, -0.05) is 23.3 Å². The van der Waals surface area contributed by atoms with Crippen molar-refractivity contribution in [2.24, 2.45) is 5.11 Å². The van der Waals surface area contributed by atoms with Crippen LogP contribution in [0.3, 0.4) is 0 Å². The lowest BCUT2D eigenvalue weighted by molar-refractivity contribution is -0.0260. The van der Waals surface area contributed by atoms with E-state index in [1.54, 1.807) is 56.3 Å². The molecule has 1 aliphatic heterocycles. The number of ether oxygens (including phenoxy) is 1. The third kappa shape index (κ3) is 6.02. The number of aryl methyl sites for hydroxylation is 2. The first kappa shape index (κ1) is 25.2. The van der Waals surface area contributed by atoms with Crippen LogP contribution >= 0.6 is 7.82 Å². The number of phosphoric ester groups is 1. The van der Waals surface area contributed by atoms with Gasteiger partial charge in [-0.3, -0.25) is 23.9 Å². The van der Waals surface area contributed by atoms with E-state index in [0.29, 0.717) is 5.56 Å². The molecule has 1 fully saturated rings. The van der Waals surface area contributed by atoms with Crippen molar-refractivity contribution in [1.29, 1.82) is 0 Å². The Labute approximate surface area is 204 Å². The molecule has 1 aromatic carbocycles. The number of aromatic nitrogens is 3. The summed E-state index contributed by atoms with van der Waals surface area (Å²) in [5.74, 6) is 0.403. The van der Waals surface area contributed by atoms with Gasteiger partial charge in [0.05, 0.1) is 24.9 Å². The predicted molar refractivity (Wildman–Crippen MR) is 128 cm³/mol. The van der Waals surface area contributed by atoms with Crippen molar-refractivity contribution in [2.45, 2.75) is 38.6 Å². The van der Waals surface area contributed by atoms with Crippen LogP contribution in [-0.2, 0) is 13.8 Å². The highest BCUT2D eigenvalue weighted by molar-refractivity contribution is 7.49. The van der Waals surface area contributed by atoms with E-state index in [9.17, 15) is 14.2 Å². The first-order valence-corrected chi connectivity index (χ1v) is 12.4. The maximum Gasteiger partial charge on any atom is 0.587 e. The number of H-pyrrole nitrogens is 1. The molecule has 0 spiro atoms. The third-order valence-electron chi connectivity index (χ3n) is 5.32. The van der Waals surface area contributed by atoms with Crippen LogP contribution < -0.4 is 20.3 Å². The molecule has 2 aromatic heterocycles. The molecule has 0 aliphatic carbocycles. The molecule has 1 unspecified atom stereocenters. The number of pyridine rings is 1. The Bertz CT molecular complexity index is 1420. The van der Waals surface area contributed by atoms with Crippen LogP contribution in [0, 0.1) is 13.8 Å². The van der Waals surface area contributed by atoms with Gasteiger partial charge in [0.15, 0.2) is 5.75 Å². The number of azide groups is 1. The van der Waals surface area contributed by atoms with E-state index in [1.807, 2.05) is 0 Å². The zero-order valence-electron chi connectivity index (χ0n) is 19.4. The van der Waals surface area contributed by atoms with Crippen LogP contribution in [0.4, 0.5) is 0 Å². The van der Waals surface area contributed by atoms with Crippen molar-refractivity contribution in [3.05, 3.63) is 97.4 Å². The quantitative estimate of drug-likeness (QED) is 0.194. The SMILES string of the molecule is Cc1ccc(OP(=O)(OC[C@H]2O[C@@H](n3cc(C)c(=O)[nH]c3=O)C[C@@H]2N=[N+]=[N-])Oc2ccccc2)cn1. The molecule has 3 heterocycles. The Morgan fingerprint density at radius 1 is 1.19 bits per heavy atom. The van der Waals surface area contributed by atoms with Crippen molar-refractivity contribution >= 4 is 7.82 Å². The smallest absolute Gasteiger partial charge is 0.395 e. The molecular weight excluding hydrogens is 491 g/mol. The first-order valence-electron chi connectivity index (χ1n) is 10.9. The molecule has 14 heteroatoms. The molecule has 36 heavy (non-hydrogen) atoms. The molecule has 3 aromatic rings. The largest absolute Gasteiger partial charge is 0.587 e. The highest BCUT2D eigenvalue weighted by Gasteiger charge is 2.40. The Hall–Kier alpha value is -3.89. The van der Waals surface area contributed by atoms with E-state index in [1.165, 1.54) is 17.0 Å². The van der Waals surface area contributed by atoms with Crippen LogP contribution in [0.1, 0.15) is 23.9 Å². The molecule has 4 rings (SSSR count). The molecule has 0 saturated carbocycles. The summed E-state index contributed by atoms with van der Waals surface area (Å²) in [5, 5.41) is 3.74. The lowest BCUT2D eigenvalue weighted by Gasteiger charge is -2.22. The van der Waals surface area contributed by atoms with E-state index in [-0.39, 0.29) is 24.5 Å². The van der Waals surface area contributed by atoms with Crippen molar-refractivity contribution < 1.29 is 22.9 Å². The summed E-state index contributed by atoms with van der Waals surface area (Å²) in [7, 11) is -4.26. The van der Waals surface area contributed by atoms with Crippen molar-refractivity contribution in [3.63, 3.8) is 0 Å². The standard InChI is InChI=1S/C22H23N6O7P/c1-14-12-28(22(30)25-21(14)29)20-10-18(26-27-23)19(33-20)13-32-36(31,34-16-6-4-3-5-7-16)35-17-9-8-15(2)24-11-17/h3-9,11-12,18-20H,10,13H2,1-2H3,(H,25,29,30)/t18-,19+,20+,36?/m0/s1. The Balaban J connectivity index is 1.55. The minimum Gasteiger partial charge on any atom is -0.395 e. The molecule has 1 aliphatic rings. The molecule has 188 valence electrons. The summed E-state index contributed by atoms with van der Waals surface area (Å²) in [5.41, 5.74) is 8.86. The van der Waals surface area contributed by atoms with Crippen molar-refractivity contribution in [3.8, 4) is 11.5 Å². The number of nitrogens with zero attached hydrogens (tertiary/aromatic N) is 5. The molecule has 1 N–H and O–H groups in total. The van der Waals surface area contributed by atoms with E-state index >= 15 is 0 Å². The fourth-order valence-corrected chi connectivity index (χ4v) is 4.73. The third-order valence-corrected chi connectivity index (χ3v) is 6.65. The number of phosphoric acid groups is 1. The minimum absolute atomic E-state index is 0.121. The summed E-state index contributed by atoms with van der Waals surface area (Å²) in [6.07, 6.45) is 1.12. The summed E-state index contributed by atoms with van der Waals surface area (Å²) in [6, 6.07) is 10.8. The van der Waals surface area contributed by atoms with Gasteiger partial charge in [-0.2, -0.15) is 0 Å². The fraction of sp³-hybridized carbons (Fsp3) is 0.318. The van der Waals surface area contributed by atoms with Gasteiger partial charge in [-0.05, 0) is 43.6 Å². The summed E-state index contributed by atoms with van der Waals surface area (Å²) >= 11 is 0. The monoisotopic (exact) mass is 514 g/mol. The Kier molecular flexibility index (Phi) is 7.56. The highest BCUT2D eigenvalue weighted by Crippen LogP contribution is 2.50. The van der Waals surface area contributed by atoms with E-state index in [2.05, 4.69) is 20.0 Å². The topological polar surface area (TPSA) is 170 Å². The number of hydrogen-bond acceptors (Lipinski definition) is 9. The number of para-hydroxylation sites is 1. The summed E-state index contributed by atoms with van der Waals surface area (Å²) < 4.78 is 37.5. The van der Waals surface area contributed by atoms with Crippen LogP contribution in [0.15, 0.2) is 69.6 Å². The van der Waals surface area contributed by atoms with Gasteiger partial charge in [0.2, 0.25) is 0 Å². The van der Waals surface area contributed by atoms with Gasteiger partial charge in [-0.25, -0.2) is 9.36 Å². The maximum atomic E-state index is 13.6. The highest BCUT2D eigenvalue weighted by atomic mass is 31.2. The van der Waals surface area contributed by atoms with Crippen LogP contribution in [-0.4, -0.2) is 33.3 Å². The zero-order chi connectivity index (χ0) is 25.7. The second-order valence-corrected chi connectivity index (χ2v) is 9.51. The van der Waals surface area contributed by atoms with E-state index in [0.717, 1.165) is 5.69 Å². The normalized spacial score (nSPS) is 20.8. The first-order chi connectivity index (χ1) is 17.3. The minimum atomic E-state index is -4.26. The van der Waals surface area contributed by atoms with Gasteiger partial charge < -0.3 is 13.8 Å². The Morgan fingerprint density at radius 2 is 1.94 bits per heavy atom. The summed E-state index contributed by atoms with van der Waals surface area (Å²) in [6.45, 7) is 2.99. The number of benzene rings is 1. The average molecular weight is 514 g/mol. The second kappa shape index (κ2) is 10.8. The number of aromatic amines is 1. The van der Waals surface area contributed by atoms with Crippen molar-refractivity contribution in [1.82, 2.24) is 14.5 Å². The summed E-state index contributed by atoms with van der Waals surface area (Å²) in [4.78, 5) is 33.2. The molecule has 0 radical (unpaired) electrons. The lowest BCUT2D eigenvalue weighted by Crippen LogP contribution is -2.33. The number of rotatable bonds is 9. The van der Waals surface area contributed by atoms with Crippen LogP contribution in [0.5, 0.6) is 11.5 Å². The van der Waals surface area contributed by atoms with Crippen molar-refractivity contribution in [2.75, 3.05) is 6.61 Å². The van der Waals surface area contributed by atoms with Gasteiger partial charge in [-0.15, -0.1) is 0 Å². The number of nitrogens with one attached hydrogen (secondary N) is 1. The molecule has 1 saturated heterocycles. The molecule has 4 atom stereocenters. The van der Waals surface area contributed by atoms with Gasteiger partial charge in [0.25, 0.3) is 5.56 Å². The second-order valence-electron chi connectivity index (χ2n) is 7.99. The molecule has 0 amide bonds. The van der Waals surface area contributed by atoms with Gasteiger partial charge in [0, 0.05) is 28.8 Å². The average Bonchev–Trinajstić information content (AvgIpc) is 3.25. The number of hydrogen-bond donors (Lipinski definition) is 1. The molecule has 0 bridgehead atoms. The van der Waals surface area contributed by atoms with Gasteiger partial charge >= 0.3 is 13.5 Å². The lowest BCUT2D eigenvalue weighted by atomic mass is 10.1. The van der Waals surface area contributed by atoms with Crippen LogP contribution in [0.25, 0.3) is 10.4 Å². The molecular formula is C22H23N6O7P. The van der Waals surface area contributed by atoms with E-state index in [4.69, 9.17) is 23.8 Å². The maximum absolute atomic E-state index is 13.6. The van der Waals surface area contributed by atoms with Gasteiger partial charge in [0.1, 0.15) is 12.0 Å². The fourth-order valence-electron chi connectivity index (χ4n) is 3.51. The predicted octanol–water partition coefficient (Wildman–Crippen LogP) is 3.80. The zero-order valence-corrected chi connectivity index (χ0v) is 20.3. The Morgan fingerprint density at radius 3 is 2.64 bits per heavy atom. The van der Waals surface area contributed by atoms with Crippen LogP contribution in [0.2, 0.25) is 0 Å². The molecule has 13 nitrogen and oxygen atoms in total.